The molecular weight excluding hydrogens is 254 g/mol. The predicted molar refractivity (Wildman–Crippen MR) is 68.2 cm³/mol. The third kappa shape index (κ3) is 2.60. The number of carboxylic acid groups (broad SMARTS) is 1. The molecule has 0 saturated heterocycles. The lowest BCUT2D eigenvalue weighted by atomic mass is 10.2. The van der Waals surface area contributed by atoms with Gasteiger partial charge < -0.3 is 9.67 Å². The molecule has 0 aliphatic heterocycles. The molecule has 18 heavy (non-hydrogen) atoms. The molecule has 0 atom stereocenters. The van der Waals surface area contributed by atoms with Gasteiger partial charge in [-0.05, 0) is 11.6 Å². The fourth-order valence-corrected chi connectivity index (χ4v) is 1.80. The molecule has 1 aromatic carbocycles. The molecule has 4 nitrogen and oxygen atoms in total. The highest BCUT2D eigenvalue weighted by Gasteiger charge is 2.08. The Morgan fingerprint density at radius 3 is 2.67 bits per heavy atom. The SMILES string of the molecule is O=C(O)c1cn(Cc2ccccc2Cl)ccc1=O. The number of carboxylic acids is 1. The van der Waals surface area contributed by atoms with Crippen molar-refractivity contribution < 1.29 is 9.90 Å². The zero-order valence-corrected chi connectivity index (χ0v) is 10.1. The standard InChI is InChI=1S/C13H10ClNO3/c14-11-4-2-1-3-9(11)7-15-6-5-12(16)10(8-15)13(17)18/h1-6,8H,7H2,(H,17,18). The number of hydrogen-bond donors (Lipinski definition) is 1. The summed E-state index contributed by atoms with van der Waals surface area (Å²) in [7, 11) is 0. The number of carbonyl (C=O) groups is 1. The van der Waals surface area contributed by atoms with Crippen LogP contribution in [0.3, 0.4) is 0 Å². The van der Waals surface area contributed by atoms with Crippen LogP contribution in [0.5, 0.6) is 0 Å². The average Bonchev–Trinajstić information content (AvgIpc) is 2.34. The Bertz CT molecular complexity index is 649. The van der Waals surface area contributed by atoms with Gasteiger partial charge in [0.05, 0.1) is 0 Å². The van der Waals surface area contributed by atoms with E-state index in [-0.39, 0.29) is 5.56 Å². The van der Waals surface area contributed by atoms with E-state index < -0.39 is 11.4 Å². The minimum absolute atomic E-state index is 0.246. The van der Waals surface area contributed by atoms with Crippen molar-refractivity contribution in [2.75, 3.05) is 0 Å². The van der Waals surface area contributed by atoms with E-state index in [0.29, 0.717) is 11.6 Å². The molecular formula is C13H10ClNO3. The van der Waals surface area contributed by atoms with Gasteiger partial charge in [-0.2, -0.15) is 0 Å². The zero-order chi connectivity index (χ0) is 13.1. The Balaban J connectivity index is 2.36. The molecule has 0 radical (unpaired) electrons. The van der Waals surface area contributed by atoms with Crippen LogP contribution in [-0.4, -0.2) is 15.6 Å². The van der Waals surface area contributed by atoms with E-state index in [1.165, 1.54) is 18.5 Å². The summed E-state index contributed by atoms with van der Waals surface area (Å²) in [6.07, 6.45) is 2.85. The Kier molecular flexibility index (Phi) is 3.48. The summed E-state index contributed by atoms with van der Waals surface area (Å²) in [4.78, 5) is 22.2. The van der Waals surface area contributed by atoms with Gasteiger partial charge in [-0.15, -0.1) is 0 Å². The summed E-state index contributed by atoms with van der Waals surface area (Å²) in [6, 6.07) is 8.51. The van der Waals surface area contributed by atoms with E-state index in [1.54, 1.807) is 10.6 Å². The van der Waals surface area contributed by atoms with Crippen LogP contribution in [0.1, 0.15) is 15.9 Å². The second-order valence-corrected chi connectivity index (χ2v) is 4.20. The van der Waals surface area contributed by atoms with Crippen molar-refractivity contribution in [1.82, 2.24) is 4.57 Å². The third-order valence-electron chi connectivity index (χ3n) is 2.52. The largest absolute Gasteiger partial charge is 0.477 e. The van der Waals surface area contributed by atoms with Crippen LogP contribution < -0.4 is 5.43 Å². The highest BCUT2D eigenvalue weighted by Crippen LogP contribution is 2.15. The molecule has 1 N–H and O–H groups in total. The molecule has 0 spiro atoms. The number of aromatic nitrogens is 1. The van der Waals surface area contributed by atoms with Crippen LogP contribution in [0.15, 0.2) is 47.5 Å². The van der Waals surface area contributed by atoms with E-state index in [1.807, 2.05) is 18.2 Å². The van der Waals surface area contributed by atoms with Crippen LogP contribution in [0.4, 0.5) is 0 Å². The van der Waals surface area contributed by atoms with Gasteiger partial charge in [0, 0.05) is 30.0 Å². The number of hydrogen-bond acceptors (Lipinski definition) is 2. The van der Waals surface area contributed by atoms with Crippen molar-refractivity contribution in [2.45, 2.75) is 6.54 Å². The van der Waals surface area contributed by atoms with Gasteiger partial charge in [0.1, 0.15) is 5.56 Å². The van der Waals surface area contributed by atoms with Crippen LogP contribution in [0.25, 0.3) is 0 Å². The predicted octanol–water partition coefficient (Wildman–Crippen LogP) is 2.25. The molecule has 0 aliphatic rings. The average molecular weight is 264 g/mol. The minimum Gasteiger partial charge on any atom is -0.477 e. The van der Waals surface area contributed by atoms with E-state index in [4.69, 9.17) is 16.7 Å². The van der Waals surface area contributed by atoms with Crippen LogP contribution >= 0.6 is 11.6 Å². The van der Waals surface area contributed by atoms with Crippen molar-refractivity contribution in [3.05, 3.63) is 69.1 Å². The lowest BCUT2D eigenvalue weighted by molar-refractivity contribution is 0.0694. The van der Waals surface area contributed by atoms with E-state index in [0.717, 1.165) is 5.56 Å². The fraction of sp³-hybridized carbons (Fsp3) is 0.0769. The first-order valence-electron chi connectivity index (χ1n) is 5.25. The molecule has 92 valence electrons. The first-order valence-corrected chi connectivity index (χ1v) is 5.62. The highest BCUT2D eigenvalue weighted by molar-refractivity contribution is 6.31. The second kappa shape index (κ2) is 5.06. The van der Waals surface area contributed by atoms with Crippen LogP contribution in [0.2, 0.25) is 5.02 Å². The number of benzene rings is 1. The van der Waals surface area contributed by atoms with Crippen LogP contribution in [-0.2, 0) is 6.54 Å². The van der Waals surface area contributed by atoms with E-state index >= 15 is 0 Å². The topological polar surface area (TPSA) is 59.3 Å². The van der Waals surface area contributed by atoms with Gasteiger partial charge in [0.25, 0.3) is 0 Å². The van der Waals surface area contributed by atoms with Gasteiger partial charge in [-0.25, -0.2) is 4.79 Å². The number of pyridine rings is 1. The third-order valence-corrected chi connectivity index (χ3v) is 2.89. The summed E-state index contributed by atoms with van der Waals surface area (Å²) < 4.78 is 1.62. The molecule has 2 rings (SSSR count). The molecule has 1 heterocycles. The molecule has 0 saturated carbocycles. The number of halogens is 1. The van der Waals surface area contributed by atoms with E-state index in [2.05, 4.69) is 0 Å². The molecule has 0 aliphatic carbocycles. The fourth-order valence-electron chi connectivity index (χ4n) is 1.61. The lowest BCUT2D eigenvalue weighted by Gasteiger charge is -2.08. The minimum atomic E-state index is -1.23. The summed E-state index contributed by atoms with van der Waals surface area (Å²) in [5.74, 6) is -1.23. The first-order chi connectivity index (χ1) is 8.58. The van der Waals surface area contributed by atoms with Crippen LogP contribution in [0, 0.1) is 0 Å². The van der Waals surface area contributed by atoms with Gasteiger partial charge in [-0.3, -0.25) is 4.79 Å². The number of nitrogens with zero attached hydrogens (tertiary/aromatic N) is 1. The zero-order valence-electron chi connectivity index (χ0n) is 9.34. The second-order valence-electron chi connectivity index (χ2n) is 3.79. The maximum Gasteiger partial charge on any atom is 0.341 e. The Labute approximate surface area is 108 Å². The molecule has 0 fully saturated rings. The van der Waals surface area contributed by atoms with Crippen molar-refractivity contribution in [2.24, 2.45) is 0 Å². The van der Waals surface area contributed by atoms with Crippen molar-refractivity contribution >= 4 is 17.6 Å². The summed E-state index contributed by atoms with van der Waals surface area (Å²) in [5, 5.41) is 9.48. The molecule has 2 aromatic rings. The van der Waals surface area contributed by atoms with Crippen molar-refractivity contribution in [1.29, 1.82) is 0 Å². The summed E-state index contributed by atoms with van der Waals surface area (Å²) in [6.45, 7) is 0.417. The molecule has 0 unspecified atom stereocenters. The quantitative estimate of drug-likeness (QED) is 0.924. The monoisotopic (exact) mass is 263 g/mol. The molecule has 1 aromatic heterocycles. The van der Waals surface area contributed by atoms with E-state index in [9.17, 15) is 9.59 Å². The van der Waals surface area contributed by atoms with Gasteiger partial charge in [0.2, 0.25) is 0 Å². The van der Waals surface area contributed by atoms with Crippen molar-refractivity contribution in [3.8, 4) is 0 Å². The smallest absolute Gasteiger partial charge is 0.341 e. The van der Waals surface area contributed by atoms with Crippen molar-refractivity contribution in [3.63, 3.8) is 0 Å². The normalized spacial score (nSPS) is 10.3. The maximum absolute atomic E-state index is 11.3. The number of aromatic carboxylic acids is 1. The Hall–Kier alpha value is -2.07. The van der Waals surface area contributed by atoms with Gasteiger partial charge in [0.15, 0.2) is 5.43 Å². The Morgan fingerprint density at radius 2 is 2.00 bits per heavy atom. The first kappa shape index (κ1) is 12.4. The lowest BCUT2D eigenvalue weighted by Crippen LogP contribution is -2.16. The van der Waals surface area contributed by atoms with Gasteiger partial charge in [-0.1, -0.05) is 29.8 Å². The molecule has 5 heteroatoms. The van der Waals surface area contributed by atoms with Gasteiger partial charge >= 0.3 is 5.97 Å². The summed E-state index contributed by atoms with van der Waals surface area (Å²) in [5.41, 5.74) is 0.113. The molecule has 0 bridgehead atoms. The maximum atomic E-state index is 11.3. The highest BCUT2D eigenvalue weighted by atomic mass is 35.5. The number of rotatable bonds is 3. The molecule has 0 amide bonds. The summed E-state index contributed by atoms with van der Waals surface area (Å²) >= 11 is 6.02. The Morgan fingerprint density at radius 1 is 1.28 bits per heavy atom.